The zero-order valence-corrected chi connectivity index (χ0v) is 12.8. The minimum Gasteiger partial charge on any atom is -0.481 e. The number of aromatic nitrogens is 5. The Kier molecular flexibility index (Phi) is 3.75. The van der Waals surface area contributed by atoms with Gasteiger partial charge in [-0.2, -0.15) is 4.98 Å². The van der Waals surface area contributed by atoms with E-state index in [0.29, 0.717) is 11.7 Å². The molecule has 0 unspecified atom stereocenters. The van der Waals surface area contributed by atoms with Crippen molar-refractivity contribution in [3.8, 4) is 11.8 Å². The molecule has 0 saturated heterocycles. The standard InChI is InChI=1S/C14H14N6O3/c1-8-6-7-20-13(15-8)18-19-14(20)17-11(21)9-4-5-10(22-2)16-12(9)23-3/h4-7H,1-3H3,(H,17,19,21). The summed E-state index contributed by atoms with van der Waals surface area (Å²) in [6.07, 6.45) is 1.73. The van der Waals surface area contributed by atoms with Gasteiger partial charge in [-0.25, -0.2) is 4.98 Å². The van der Waals surface area contributed by atoms with Crippen molar-refractivity contribution in [2.45, 2.75) is 6.92 Å². The van der Waals surface area contributed by atoms with Crippen molar-refractivity contribution >= 4 is 17.6 Å². The highest BCUT2D eigenvalue weighted by Crippen LogP contribution is 2.20. The van der Waals surface area contributed by atoms with Gasteiger partial charge in [0.05, 0.1) is 14.2 Å². The number of amides is 1. The predicted molar refractivity (Wildman–Crippen MR) is 80.8 cm³/mol. The van der Waals surface area contributed by atoms with Gasteiger partial charge in [-0.3, -0.25) is 14.5 Å². The molecule has 0 radical (unpaired) electrons. The lowest BCUT2D eigenvalue weighted by molar-refractivity contribution is 0.102. The third-order valence-electron chi connectivity index (χ3n) is 3.13. The van der Waals surface area contributed by atoms with Crippen molar-refractivity contribution in [3.05, 3.63) is 35.7 Å². The number of carbonyl (C=O) groups is 1. The SMILES string of the molecule is COc1ccc(C(=O)Nc2nnc3nc(C)ccn23)c(OC)n1. The van der Waals surface area contributed by atoms with Gasteiger partial charge in [-0.05, 0) is 19.1 Å². The molecule has 0 aliphatic heterocycles. The summed E-state index contributed by atoms with van der Waals surface area (Å²) in [6, 6.07) is 4.93. The van der Waals surface area contributed by atoms with Crippen LogP contribution in [0.3, 0.4) is 0 Å². The number of hydrogen-bond donors (Lipinski definition) is 1. The second kappa shape index (κ2) is 5.87. The van der Waals surface area contributed by atoms with Crippen LogP contribution in [-0.4, -0.2) is 44.7 Å². The van der Waals surface area contributed by atoms with Gasteiger partial charge >= 0.3 is 0 Å². The molecule has 3 rings (SSSR count). The Bertz CT molecular complexity index is 876. The Morgan fingerprint density at radius 3 is 2.70 bits per heavy atom. The highest BCUT2D eigenvalue weighted by Gasteiger charge is 2.17. The maximum atomic E-state index is 12.4. The van der Waals surface area contributed by atoms with Crippen molar-refractivity contribution in [1.29, 1.82) is 0 Å². The van der Waals surface area contributed by atoms with E-state index in [1.54, 1.807) is 28.8 Å². The maximum absolute atomic E-state index is 12.4. The Hall–Kier alpha value is -3.23. The number of hydrogen-bond acceptors (Lipinski definition) is 7. The molecule has 0 spiro atoms. The van der Waals surface area contributed by atoms with Gasteiger partial charge in [0.25, 0.3) is 11.7 Å². The van der Waals surface area contributed by atoms with E-state index >= 15 is 0 Å². The monoisotopic (exact) mass is 314 g/mol. The fourth-order valence-corrected chi connectivity index (χ4v) is 1.99. The van der Waals surface area contributed by atoms with Crippen LogP contribution >= 0.6 is 0 Å². The van der Waals surface area contributed by atoms with Crippen LogP contribution in [0.5, 0.6) is 11.8 Å². The molecule has 1 amide bonds. The molecular weight excluding hydrogens is 300 g/mol. The zero-order chi connectivity index (χ0) is 16.4. The molecule has 3 aromatic heterocycles. The summed E-state index contributed by atoms with van der Waals surface area (Å²) in [6.45, 7) is 1.85. The summed E-state index contributed by atoms with van der Waals surface area (Å²) < 4.78 is 11.7. The van der Waals surface area contributed by atoms with Gasteiger partial charge in [0.2, 0.25) is 17.7 Å². The van der Waals surface area contributed by atoms with Crippen LogP contribution in [0.1, 0.15) is 16.1 Å². The normalized spacial score (nSPS) is 10.6. The van der Waals surface area contributed by atoms with Crippen molar-refractivity contribution in [1.82, 2.24) is 24.6 Å². The number of methoxy groups -OCH3 is 2. The van der Waals surface area contributed by atoms with Gasteiger partial charge in [0.15, 0.2) is 0 Å². The van der Waals surface area contributed by atoms with E-state index in [4.69, 9.17) is 9.47 Å². The molecular formula is C14H14N6O3. The number of ether oxygens (including phenoxy) is 2. The highest BCUT2D eigenvalue weighted by molar-refractivity contribution is 6.05. The topological polar surface area (TPSA) is 104 Å². The average molecular weight is 314 g/mol. The Labute approximate surface area is 131 Å². The summed E-state index contributed by atoms with van der Waals surface area (Å²) in [5.41, 5.74) is 1.06. The van der Waals surface area contributed by atoms with Crippen LogP contribution in [0.15, 0.2) is 24.4 Å². The molecule has 23 heavy (non-hydrogen) atoms. The van der Waals surface area contributed by atoms with E-state index in [9.17, 15) is 4.79 Å². The van der Waals surface area contributed by atoms with E-state index in [1.165, 1.54) is 14.2 Å². The number of nitrogens with one attached hydrogen (secondary N) is 1. The Balaban J connectivity index is 1.91. The number of carbonyl (C=O) groups excluding carboxylic acids is 1. The van der Waals surface area contributed by atoms with Gasteiger partial charge in [-0.1, -0.05) is 0 Å². The van der Waals surface area contributed by atoms with Crippen LogP contribution in [0.2, 0.25) is 0 Å². The van der Waals surface area contributed by atoms with Gasteiger partial charge in [0.1, 0.15) is 5.56 Å². The third kappa shape index (κ3) is 2.76. The van der Waals surface area contributed by atoms with Crippen molar-refractivity contribution in [2.75, 3.05) is 19.5 Å². The molecule has 0 fully saturated rings. The van der Waals surface area contributed by atoms with Crippen LogP contribution in [-0.2, 0) is 0 Å². The summed E-state index contributed by atoms with van der Waals surface area (Å²) in [4.78, 5) is 20.7. The minimum atomic E-state index is -0.424. The van der Waals surface area contributed by atoms with Gasteiger partial charge in [-0.15, -0.1) is 10.2 Å². The fourth-order valence-electron chi connectivity index (χ4n) is 1.99. The smallest absolute Gasteiger partial charge is 0.263 e. The Morgan fingerprint density at radius 2 is 1.96 bits per heavy atom. The number of nitrogens with zero attached hydrogens (tertiary/aromatic N) is 5. The van der Waals surface area contributed by atoms with Crippen molar-refractivity contribution < 1.29 is 14.3 Å². The molecule has 118 valence electrons. The second-order valence-corrected chi connectivity index (χ2v) is 4.63. The number of aryl methyl sites for hydroxylation is 1. The predicted octanol–water partition coefficient (Wildman–Crippen LogP) is 1.10. The van der Waals surface area contributed by atoms with Crippen LogP contribution < -0.4 is 14.8 Å². The van der Waals surface area contributed by atoms with Crippen molar-refractivity contribution in [3.63, 3.8) is 0 Å². The molecule has 0 atom stereocenters. The molecule has 0 aliphatic rings. The van der Waals surface area contributed by atoms with E-state index in [-0.39, 0.29) is 17.4 Å². The number of rotatable bonds is 4. The maximum Gasteiger partial charge on any atom is 0.263 e. The van der Waals surface area contributed by atoms with Crippen LogP contribution in [0, 0.1) is 6.92 Å². The summed E-state index contributed by atoms with van der Waals surface area (Å²) in [7, 11) is 2.91. The summed E-state index contributed by atoms with van der Waals surface area (Å²) in [5, 5.41) is 10.5. The summed E-state index contributed by atoms with van der Waals surface area (Å²) in [5.74, 6) is 0.748. The molecule has 0 aliphatic carbocycles. The van der Waals surface area contributed by atoms with E-state index in [0.717, 1.165) is 5.69 Å². The fraction of sp³-hybridized carbons (Fsp3) is 0.214. The second-order valence-electron chi connectivity index (χ2n) is 4.63. The first-order valence-electron chi connectivity index (χ1n) is 6.71. The van der Waals surface area contributed by atoms with Gasteiger partial charge in [0, 0.05) is 18.0 Å². The first kappa shape index (κ1) is 14.7. The van der Waals surface area contributed by atoms with E-state index in [1.807, 2.05) is 6.92 Å². The molecule has 3 aromatic rings. The van der Waals surface area contributed by atoms with E-state index < -0.39 is 5.91 Å². The number of pyridine rings is 1. The molecule has 9 nitrogen and oxygen atoms in total. The first-order chi connectivity index (χ1) is 11.1. The number of anilines is 1. The third-order valence-corrected chi connectivity index (χ3v) is 3.13. The highest BCUT2D eigenvalue weighted by atomic mass is 16.5. The molecule has 0 aromatic carbocycles. The van der Waals surface area contributed by atoms with E-state index in [2.05, 4.69) is 25.5 Å². The zero-order valence-electron chi connectivity index (χ0n) is 12.8. The largest absolute Gasteiger partial charge is 0.481 e. The van der Waals surface area contributed by atoms with Crippen LogP contribution in [0.4, 0.5) is 5.95 Å². The first-order valence-corrected chi connectivity index (χ1v) is 6.71. The summed E-state index contributed by atoms with van der Waals surface area (Å²) >= 11 is 0. The lowest BCUT2D eigenvalue weighted by atomic mass is 10.2. The molecule has 0 saturated carbocycles. The van der Waals surface area contributed by atoms with Crippen LogP contribution in [0.25, 0.3) is 5.78 Å². The molecule has 9 heteroatoms. The lowest BCUT2D eigenvalue weighted by Gasteiger charge is -2.08. The molecule has 1 N–H and O–H groups in total. The molecule has 0 bridgehead atoms. The lowest BCUT2D eigenvalue weighted by Crippen LogP contribution is -2.16. The number of fused-ring (bicyclic) bond motifs is 1. The average Bonchev–Trinajstić information content (AvgIpc) is 2.96. The quantitative estimate of drug-likeness (QED) is 0.769. The minimum absolute atomic E-state index is 0.157. The van der Waals surface area contributed by atoms with Crippen molar-refractivity contribution in [2.24, 2.45) is 0 Å². The van der Waals surface area contributed by atoms with Gasteiger partial charge < -0.3 is 9.47 Å². The molecule has 3 heterocycles. The Morgan fingerprint density at radius 1 is 1.13 bits per heavy atom.